The molecule has 158 valence electrons. The van der Waals surface area contributed by atoms with Gasteiger partial charge >= 0.3 is 0 Å². The average Bonchev–Trinajstić information content (AvgIpc) is 3.17. The summed E-state index contributed by atoms with van der Waals surface area (Å²) in [6.45, 7) is 12.7. The summed E-state index contributed by atoms with van der Waals surface area (Å²) in [7, 11) is 0. The third-order valence-electron chi connectivity index (χ3n) is 5.50. The number of rotatable bonds is 11. The van der Waals surface area contributed by atoms with Gasteiger partial charge in [0.25, 0.3) is 0 Å². The molecule has 3 aromatic rings. The molecule has 2 aromatic carbocycles. The van der Waals surface area contributed by atoms with Crippen LogP contribution in [0.15, 0.2) is 72.3 Å². The fourth-order valence-electron chi connectivity index (χ4n) is 3.67. The normalized spacial score (nSPS) is 12.0. The molecule has 1 unspecified atom stereocenters. The van der Waals surface area contributed by atoms with Gasteiger partial charge in [0.15, 0.2) is 0 Å². The Balaban J connectivity index is 1.45. The van der Waals surface area contributed by atoms with Gasteiger partial charge in [0.05, 0.1) is 0 Å². The van der Waals surface area contributed by atoms with Crippen LogP contribution in [0.3, 0.4) is 0 Å². The Morgan fingerprint density at radius 2 is 1.77 bits per heavy atom. The van der Waals surface area contributed by atoms with Crippen LogP contribution in [0.4, 0.5) is 5.69 Å². The standard InChI is InChI=1S/C27H34N2S/c1-20-16-27(30-19-20)22(3)17-28-18-25-13-7-6-12-24(25)14-9-11-23(4)29-26-15-8-5-10-21(26)2/h5-8,10,12-13,15-16,19,22,28-29H,4,9,11,14,17-18H2,1-3H3. The first-order valence-corrected chi connectivity index (χ1v) is 11.7. The van der Waals surface area contributed by atoms with Crippen LogP contribution in [0, 0.1) is 13.8 Å². The lowest BCUT2D eigenvalue weighted by molar-refractivity contribution is 0.617. The number of aryl methyl sites for hydroxylation is 3. The van der Waals surface area contributed by atoms with Crippen LogP contribution < -0.4 is 10.6 Å². The van der Waals surface area contributed by atoms with Crippen LogP contribution in [0.25, 0.3) is 0 Å². The fraction of sp³-hybridized carbons (Fsp3) is 0.333. The van der Waals surface area contributed by atoms with Crippen molar-refractivity contribution in [3.63, 3.8) is 0 Å². The van der Waals surface area contributed by atoms with E-state index in [4.69, 9.17) is 0 Å². The SMILES string of the molecule is C=C(CCCc1ccccc1CNCC(C)c1cc(C)cs1)Nc1ccccc1C. The molecule has 1 aromatic heterocycles. The first-order valence-electron chi connectivity index (χ1n) is 10.9. The van der Waals surface area contributed by atoms with E-state index in [9.17, 15) is 0 Å². The lowest BCUT2D eigenvalue weighted by Crippen LogP contribution is -2.20. The molecule has 0 bridgehead atoms. The summed E-state index contributed by atoms with van der Waals surface area (Å²) >= 11 is 1.87. The average molecular weight is 419 g/mol. The van der Waals surface area contributed by atoms with Crippen LogP contribution >= 0.6 is 11.3 Å². The van der Waals surface area contributed by atoms with Gasteiger partial charge in [-0.05, 0) is 72.9 Å². The molecule has 1 atom stereocenters. The summed E-state index contributed by atoms with van der Waals surface area (Å²) in [5.74, 6) is 0.548. The van der Waals surface area contributed by atoms with Crippen molar-refractivity contribution in [1.82, 2.24) is 5.32 Å². The minimum Gasteiger partial charge on any atom is -0.359 e. The number of thiophene rings is 1. The highest BCUT2D eigenvalue weighted by Crippen LogP contribution is 2.23. The number of nitrogens with one attached hydrogen (secondary N) is 2. The summed E-state index contributed by atoms with van der Waals surface area (Å²) < 4.78 is 0. The summed E-state index contributed by atoms with van der Waals surface area (Å²) in [5, 5.41) is 9.37. The molecule has 0 fully saturated rings. The minimum absolute atomic E-state index is 0.548. The molecule has 0 aliphatic carbocycles. The molecule has 3 heteroatoms. The summed E-state index contributed by atoms with van der Waals surface area (Å²) in [6.07, 6.45) is 3.15. The van der Waals surface area contributed by atoms with Crippen molar-refractivity contribution >= 4 is 17.0 Å². The zero-order valence-corrected chi connectivity index (χ0v) is 19.3. The van der Waals surface area contributed by atoms with Gasteiger partial charge in [0.1, 0.15) is 0 Å². The second-order valence-electron chi connectivity index (χ2n) is 8.22. The quantitative estimate of drug-likeness (QED) is 0.344. The highest BCUT2D eigenvalue weighted by Gasteiger charge is 2.08. The van der Waals surface area contributed by atoms with Gasteiger partial charge in [0, 0.05) is 35.3 Å². The van der Waals surface area contributed by atoms with E-state index in [2.05, 4.69) is 98.0 Å². The van der Waals surface area contributed by atoms with Crippen molar-refractivity contribution in [3.05, 3.63) is 99.4 Å². The Labute approximate surface area is 186 Å². The van der Waals surface area contributed by atoms with E-state index in [1.807, 2.05) is 11.3 Å². The molecule has 1 heterocycles. The molecule has 2 N–H and O–H groups in total. The number of anilines is 1. The van der Waals surface area contributed by atoms with E-state index < -0.39 is 0 Å². The lowest BCUT2D eigenvalue weighted by atomic mass is 10.0. The van der Waals surface area contributed by atoms with Gasteiger partial charge in [-0.15, -0.1) is 11.3 Å². The highest BCUT2D eigenvalue weighted by molar-refractivity contribution is 7.10. The van der Waals surface area contributed by atoms with E-state index in [0.717, 1.165) is 43.7 Å². The van der Waals surface area contributed by atoms with Crippen molar-refractivity contribution in [2.45, 2.75) is 52.5 Å². The van der Waals surface area contributed by atoms with Gasteiger partial charge in [-0.1, -0.05) is 56.0 Å². The Morgan fingerprint density at radius 1 is 1.03 bits per heavy atom. The number of hydrogen-bond acceptors (Lipinski definition) is 3. The minimum atomic E-state index is 0.548. The third kappa shape index (κ3) is 6.58. The van der Waals surface area contributed by atoms with Crippen molar-refractivity contribution in [2.75, 3.05) is 11.9 Å². The van der Waals surface area contributed by atoms with Crippen LogP contribution in [0.2, 0.25) is 0 Å². The second-order valence-corrected chi connectivity index (χ2v) is 9.17. The van der Waals surface area contributed by atoms with Crippen LogP contribution in [-0.4, -0.2) is 6.54 Å². The summed E-state index contributed by atoms with van der Waals surface area (Å²) in [6, 6.07) is 19.5. The van der Waals surface area contributed by atoms with Gasteiger partial charge in [-0.3, -0.25) is 0 Å². The molecule has 0 spiro atoms. The number of allylic oxidation sites excluding steroid dienone is 1. The summed E-state index contributed by atoms with van der Waals surface area (Å²) in [4.78, 5) is 1.47. The van der Waals surface area contributed by atoms with Crippen molar-refractivity contribution in [3.8, 4) is 0 Å². The maximum atomic E-state index is 4.22. The molecule has 2 nitrogen and oxygen atoms in total. The second kappa shape index (κ2) is 11.1. The zero-order chi connectivity index (χ0) is 21.3. The Kier molecular flexibility index (Phi) is 8.30. The largest absolute Gasteiger partial charge is 0.359 e. The topological polar surface area (TPSA) is 24.1 Å². The zero-order valence-electron chi connectivity index (χ0n) is 18.5. The van der Waals surface area contributed by atoms with Crippen molar-refractivity contribution < 1.29 is 0 Å². The highest BCUT2D eigenvalue weighted by atomic mass is 32.1. The molecule has 0 aliphatic heterocycles. The summed E-state index contributed by atoms with van der Waals surface area (Å²) in [5.41, 5.74) is 7.70. The van der Waals surface area contributed by atoms with Crippen molar-refractivity contribution in [2.24, 2.45) is 0 Å². The van der Waals surface area contributed by atoms with Crippen LogP contribution in [0.1, 0.15) is 52.8 Å². The van der Waals surface area contributed by atoms with Crippen LogP contribution in [-0.2, 0) is 13.0 Å². The molecule has 0 saturated heterocycles. The lowest BCUT2D eigenvalue weighted by Gasteiger charge is -2.15. The molecule has 0 radical (unpaired) electrons. The fourth-order valence-corrected chi connectivity index (χ4v) is 4.63. The number of para-hydroxylation sites is 1. The molecule has 3 rings (SSSR count). The molecule has 0 amide bonds. The predicted octanol–water partition coefficient (Wildman–Crippen LogP) is 7.21. The smallest absolute Gasteiger partial charge is 0.0411 e. The first-order chi connectivity index (χ1) is 14.5. The molecule has 0 aliphatic rings. The van der Waals surface area contributed by atoms with E-state index in [0.29, 0.717) is 5.92 Å². The van der Waals surface area contributed by atoms with E-state index in [-0.39, 0.29) is 0 Å². The van der Waals surface area contributed by atoms with Gasteiger partial charge in [-0.25, -0.2) is 0 Å². The van der Waals surface area contributed by atoms with E-state index in [1.165, 1.54) is 27.1 Å². The predicted molar refractivity (Wildman–Crippen MR) is 132 cm³/mol. The van der Waals surface area contributed by atoms with E-state index in [1.54, 1.807) is 0 Å². The maximum Gasteiger partial charge on any atom is 0.0411 e. The number of benzene rings is 2. The first kappa shape index (κ1) is 22.3. The Hall–Kier alpha value is -2.36. The molecular weight excluding hydrogens is 384 g/mol. The van der Waals surface area contributed by atoms with E-state index >= 15 is 0 Å². The van der Waals surface area contributed by atoms with Gasteiger partial charge in [0.2, 0.25) is 0 Å². The van der Waals surface area contributed by atoms with Gasteiger partial charge < -0.3 is 10.6 Å². The van der Waals surface area contributed by atoms with Gasteiger partial charge in [-0.2, -0.15) is 0 Å². The monoisotopic (exact) mass is 418 g/mol. The Morgan fingerprint density at radius 3 is 2.50 bits per heavy atom. The van der Waals surface area contributed by atoms with Crippen LogP contribution in [0.5, 0.6) is 0 Å². The maximum absolute atomic E-state index is 4.22. The third-order valence-corrected chi connectivity index (χ3v) is 6.78. The molecule has 0 saturated carbocycles. The number of hydrogen-bond donors (Lipinski definition) is 2. The molecule has 30 heavy (non-hydrogen) atoms. The Bertz CT molecular complexity index is 957. The van der Waals surface area contributed by atoms with Crippen molar-refractivity contribution in [1.29, 1.82) is 0 Å². The molecular formula is C27H34N2S.